The lowest BCUT2D eigenvalue weighted by atomic mass is 10.2. The highest BCUT2D eigenvalue weighted by Gasteiger charge is 2.38. The summed E-state index contributed by atoms with van der Waals surface area (Å²) >= 11 is 3.03. The summed E-state index contributed by atoms with van der Waals surface area (Å²) in [6.07, 6.45) is 3.00. The number of rotatable bonds is 9. The van der Waals surface area contributed by atoms with E-state index in [1.54, 1.807) is 42.1 Å². The number of para-hydroxylation sites is 1. The number of aromatic hydroxyl groups is 2. The molecule has 1 saturated heterocycles. The Bertz CT molecular complexity index is 1890. The molecule has 15 heteroatoms. The first-order valence-electron chi connectivity index (χ1n) is 13.5. The molecule has 3 aromatic heterocycles. The summed E-state index contributed by atoms with van der Waals surface area (Å²) in [5, 5.41) is 39.3. The normalized spacial score (nSPS) is 16.6. The third-order valence-electron chi connectivity index (χ3n) is 6.81. The van der Waals surface area contributed by atoms with Crippen molar-refractivity contribution in [1.82, 2.24) is 19.9 Å². The van der Waals surface area contributed by atoms with Gasteiger partial charge in [0.1, 0.15) is 44.2 Å². The van der Waals surface area contributed by atoms with Gasteiger partial charge in [-0.05, 0) is 61.7 Å². The van der Waals surface area contributed by atoms with E-state index in [2.05, 4.69) is 20.6 Å². The molecule has 1 aliphatic heterocycles. The molecule has 0 aliphatic carbocycles. The predicted molar refractivity (Wildman–Crippen MR) is 172 cm³/mol. The maximum atomic E-state index is 13.5. The zero-order valence-electron chi connectivity index (χ0n) is 23.5. The SMILES string of the molecule is CN1C(C(=O)Nc2cc(Nc3ccc(O)cc3)nc(C=Cc3ccc([N+](=O)[O-])o3)n2)CSC1c1csc(-c2ccccc2O)n1. The number of amides is 1. The van der Waals surface area contributed by atoms with Gasteiger partial charge in [0.2, 0.25) is 5.91 Å². The van der Waals surface area contributed by atoms with E-state index >= 15 is 0 Å². The molecule has 4 N–H and O–H groups in total. The molecule has 4 heterocycles. The maximum absolute atomic E-state index is 13.5. The highest BCUT2D eigenvalue weighted by Crippen LogP contribution is 2.42. The number of hydrogen-bond acceptors (Lipinski definition) is 13. The zero-order valence-corrected chi connectivity index (χ0v) is 25.2. The van der Waals surface area contributed by atoms with Gasteiger partial charge >= 0.3 is 5.88 Å². The first-order valence-corrected chi connectivity index (χ1v) is 15.4. The van der Waals surface area contributed by atoms with Crippen LogP contribution in [0.15, 0.2) is 76.5 Å². The molecular weight excluding hydrogens is 619 g/mol. The summed E-state index contributed by atoms with van der Waals surface area (Å²) < 4.78 is 5.18. The molecule has 0 bridgehead atoms. The number of phenols is 2. The number of benzene rings is 2. The van der Waals surface area contributed by atoms with Crippen molar-refractivity contribution in [2.24, 2.45) is 0 Å². The molecule has 5 aromatic rings. The van der Waals surface area contributed by atoms with Crippen LogP contribution in [-0.4, -0.2) is 59.7 Å². The Balaban J connectivity index is 1.20. The monoisotopic (exact) mass is 643 g/mol. The van der Waals surface area contributed by atoms with E-state index < -0.39 is 16.8 Å². The third-order valence-corrected chi connectivity index (χ3v) is 9.10. The smallest absolute Gasteiger partial charge is 0.433 e. The van der Waals surface area contributed by atoms with Gasteiger partial charge in [-0.25, -0.2) is 15.0 Å². The molecular formula is C30H25N7O6S2. The van der Waals surface area contributed by atoms with Gasteiger partial charge in [-0.1, -0.05) is 12.1 Å². The van der Waals surface area contributed by atoms with Crippen molar-refractivity contribution in [3.8, 4) is 22.1 Å². The largest absolute Gasteiger partial charge is 0.508 e. The summed E-state index contributed by atoms with van der Waals surface area (Å²) in [6.45, 7) is 0. The Kier molecular flexibility index (Phi) is 8.46. The molecule has 1 fully saturated rings. The second kappa shape index (κ2) is 12.8. The van der Waals surface area contributed by atoms with Crippen molar-refractivity contribution in [2.75, 3.05) is 23.4 Å². The first-order chi connectivity index (χ1) is 21.7. The van der Waals surface area contributed by atoms with Crippen LogP contribution >= 0.6 is 23.1 Å². The fraction of sp³-hybridized carbons (Fsp3) is 0.133. The van der Waals surface area contributed by atoms with Crippen LogP contribution in [0.3, 0.4) is 0 Å². The molecule has 1 aliphatic rings. The number of aromatic nitrogens is 3. The number of hydrogen-bond donors (Lipinski definition) is 4. The highest BCUT2D eigenvalue weighted by molar-refractivity contribution is 7.99. The van der Waals surface area contributed by atoms with E-state index in [0.29, 0.717) is 27.8 Å². The molecule has 0 radical (unpaired) electrons. The number of anilines is 3. The number of carbonyl (C=O) groups excluding carboxylic acids is 1. The molecule has 2 aromatic carbocycles. The Labute approximate surface area is 264 Å². The Morgan fingerprint density at radius 3 is 2.60 bits per heavy atom. The van der Waals surface area contributed by atoms with E-state index in [9.17, 15) is 25.1 Å². The minimum Gasteiger partial charge on any atom is -0.508 e. The van der Waals surface area contributed by atoms with Crippen molar-refractivity contribution >= 4 is 64.4 Å². The lowest BCUT2D eigenvalue weighted by molar-refractivity contribution is -0.402. The van der Waals surface area contributed by atoms with Crippen molar-refractivity contribution in [1.29, 1.82) is 0 Å². The van der Waals surface area contributed by atoms with E-state index in [1.807, 2.05) is 29.5 Å². The number of likely N-dealkylation sites (N-methyl/N-ethyl adjacent to an activating group) is 1. The average Bonchev–Trinajstić information content (AvgIpc) is 3.78. The fourth-order valence-electron chi connectivity index (χ4n) is 4.57. The minimum absolute atomic E-state index is 0.108. The van der Waals surface area contributed by atoms with Crippen molar-refractivity contribution in [3.05, 3.63) is 99.5 Å². The number of thiazole rings is 1. The van der Waals surface area contributed by atoms with Gasteiger partial charge in [0, 0.05) is 22.9 Å². The van der Waals surface area contributed by atoms with E-state index in [1.165, 1.54) is 47.8 Å². The molecule has 0 saturated carbocycles. The van der Waals surface area contributed by atoms with Gasteiger partial charge in [0.15, 0.2) is 5.82 Å². The Hall–Kier alpha value is -5.25. The number of nitrogens with one attached hydrogen (secondary N) is 2. The summed E-state index contributed by atoms with van der Waals surface area (Å²) in [5.41, 5.74) is 2.10. The molecule has 2 unspecified atom stereocenters. The summed E-state index contributed by atoms with van der Waals surface area (Å²) in [6, 6.07) is 17.2. The Morgan fingerprint density at radius 2 is 1.84 bits per heavy atom. The van der Waals surface area contributed by atoms with Gasteiger partial charge in [-0.15, -0.1) is 23.1 Å². The van der Waals surface area contributed by atoms with Crippen molar-refractivity contribution in [2.45, 2.75) is 11.4 Å². The third kappa shape index (κ3) is 6.80. The lowest BCUT2D eigenvalue weighted by Crippen LogP contribution is -2.40. The highest BCUT2D eigenvalue weighted by atomic mass is 32.2. The zero-order chi connectivity index (χ0) is 31.5. The van der Waals surface area contributed by atoms with Crippen molar-refractivity contribution in [3.63, 3.8) is 0 Å². The lowest BCUT2D eigenvalue weighted by Gasteiger charge is -2.22. The molecule has 2 atom stereocenters. The van der Waals surface area contributed by atoms with E-state index in [0.717, 1.165) is 5.69 Å². The van der Waals surface area contributed by atoms with Crippen LogP contribution in [-0.2, 0) is 4.79 Å². The second-order valence-corrected chi connectivity index (χ2v) is 11.9. The summed E-state index contributed by atoms with van der Waals surface area (Å²) in [4.78, 5) is 39.5. The number of carbonyl (C=O) groups is 1. The molecule has 45 heavy (non-hydrogen) atoms. The quantitative estimate of drug-likeness (QED) is 0.0823. The minimum atomic E-state index is -0.631. The van der Waals surface area contributed by atoms with Crippen molar-refractivity contribution < 1.29 is 24.3 Å². The van der Waals surface area contributed by atoms with Gasteiger partial charge in [0.25, 0.3) is 0 Å². The van der Waals surface area contributed by atoms with E-state index in [4.69, 9.17) is 9.40 Å². The van der Waals surface area contributed by atoms with Gasteiger partial charge in [-0.3, -0.25) is 19.8 Å². The van der Waals surface area contributed by atoms with Crippen LogP contribution in [0.4, 0.5) is 23.2 Å². The maximum Gasteiger partial charge on any atom is 0.433 e. The molecule has 13 nitrogen and oxygen atoms in total. The Morgan fingerprint density at radius 1 is 1.07 bits per heavy atom. The molecule has 1 amide bonds. The number of thioether (sulfide) groups is 1. The number of phenolic OH excluding ortho intramolecular Hbond substituents is 2. The standard InChI is InChI=1S/C30H25N7O6S2/c1-36-22(16-45-30(36)21-15-44-29(32-21)20-4-2-3-5-23(20)39)28(40)35-26-14-25(31-17-6-8-18(38)9-7-17)33-24(34-26)12-10-19-11-13-27(43-19)37(41)42/h2-15,22,30,38-39H,16H2,1H3,(H2,31,33,34,35,40). The van der Waals surface area contributed by atoms with Gasteiger partial charge in [0.05, 0.1) is 23.4 Å². The van der Waals surface area contributed by atoms with E-state index in [-0.39, 0.29) is 40.2 Å². The van der Waals surface area contributed by atoms with Crippen LogP contribution in [0.2, 0.25) is 0 Å². The molecule has 6 rings (SSSR count). The van der Waals surface area contributed by atoms with Crippen LogP contribution in [0.5, 0.6) is 11.5 Å². The van der Waals surface area contributed by atoms with Gasteiger partial charge < -0.3 is 25.3 Å². The summed E-state index contributed by atoms with van der Waals surface area (Å²) in [7, 11) is 1.86. The predicted octanol–water partition coefficient (Wildman–Crippen LogP) is 6.11. The topological polar surface area (TPSA) is 180 Å². The number of furan rings is 1. The number of nitrogens with zero attached hydrogens (tertiary/aromatic N) is 5. The van der Waals surface area contributed by atoms with Gasteiger partial charge in [-0.2, -0.15) is 0 Å². The first kappa shape index (κ1) is 29.8. The summed E-state index contributed by atoms with van der Waals surface area (Å²) in [5.74, 6) is 1.16. The van der Waals surface area contributed by atoms with Crippen LogP contribution in [0.25, 0.3) is 22.7 Å². The molecule has 0 spiro atoms. The number of nitro groups is 1. The van der Waals surface area contributed by atoms with Crippen LogP contribution in [0, 0.1) is 10.1 Å². The molecule has 228 valence electrons. The fourth-order valence-corrected chi connectivity index (χ4v) is 6.95. The second-order valence-electron chi connectivity index (χ2n) is 9.89. The van der Waals surface area contributed by atoms with Crippen LogP contribution in [0.1, 0.15) is 22.7 Å². The van der Waals surface area contributed by atoms with Crippen LogP contribution < -0.4 is 10.6 Å². The average molecular weight is 644 g/mol.